The summed E-state index contributed by atoms with van der Waals surface area (Å²) in [4.78, 5) is 12.0. The summed E-state index contributed by atoms with van der Waals surface area (Å²) in [5.41, 5.74) is 2.97. The van der Waals surface area contributed by atoms with Gasteiger partial charge in [-0.15, -0.1) is 0 Å². The number of carboxylic acid groups (broad SMARTS) is 1. The Morgan fingerprint density at radius 3 is 2.23 bits per heavy atom. The number of aliphatic hydroxyl groups excluding tert-OH is 2. The Morgan fingerprint density at radius 2 is 1.59 bits per heavy atom. The van der Waals surface area contributed by atoms with Gasteiger partial charge in [-0.1, -0.05) is 73.1 Å². The number of allylic oxidation sites excluding steroid dienone is 2. The second-order valence-corrected chi connectivity index (χ2v) is 17.8. The van der Waals surface area contributed by atoms with E-state index in [0.717, 1.165) is 62.5 Å². The SMILES string of the molecule is CC1=CCC[C@@H](C)[C@]1(C)C[C@]1(C)[C@@H](O)CC[C@]2(C)[C@@]3(C)CC[C@]4(C)c5c(C(O)C(=O)O)ccc(O)c5C[C@H]4[C@]3(C)CC[C@]21C. The molecule has 244 valence electrons. The standard InChI is InChI=1S/C39H58O5/c1-23-11-10-12-24(2)34(23,4)22-36(6)29(41)15-16-39(9)37(7)19-17-33(3)28(35(37,5)18-20-38(36,39)8)21-26-27(40)14-13-25(30(26)33)31(42)32(43)44/h11,13-14,24,28-29,31,40-42H,10,12,15-22H2,1-9H3,(H,43,44)/t24-,28-,29+,31?,33+,34-,35+,36-,37+,38+,39-/m1/s1. The summed E-state index contributed by atoms with van der Waals surface area (Å²) < 4.78 is 0. The molecule has 5 aliphatic rings. The van der Waals surface area contributed by atoms with Crippen molar-refractivity contribution in [3.63, 3.8) is 0 Å². The van der Waals surface area contributed by atoms with Crippen molar-refractivity contribution in [1.29, 1.82) is 0 Å². The fraction of sp³-hybridized carbons (Fsp3) is 0.769. The molecule has 6 rings (SSSR count). The quantitative estimate of drug-likeness (QED) is 0.258. The number of rotatable bonds is 4. The van der Waals surface area contributed by atoms with Gasteiger partial charge in [0.05, 0.1) is 6.10 Å². The molecule has 44 heavy (non-hydrogen) atoms. The van der Waals surface area contributed by atoms with Crippen molar-refractivity contribution in [3.8, 4) is 5.75 Å². The minimum absolute atomic E-state index is 0.0194. The van der Waals surface area contributed by atoms with Crippen LogP contribution in [0.15, 0.2) is 23.8 Å². The van der Waals surface area contributed by atoms with Crippen LogP contribution in [-0.2, 0) is 16.6 Å². The summed E-state index contributed by atoms with van der Waals surface area (Å²) in [5, 5.41) is 43.8. The molecule has 1 aromatic carbocycles. The van der Waals surface area contributed by atoms with Crippen LogP contribution in [0.25, 0.3) is 0 Å². The van der Waals surface area contributed by atoms with Crippen molar-refractivity contribution in [2.75, 3.05) is 0 Å². The van der Waals surface area contributed by atoms with Crippen molar-refractivity contribution >= 4 is 5.97 Å². The lowest BCUT2D eigenvalue weighted by atomic mass is 9.27. The monoisotopic (exact) mass is 606 g/mol. The third kappa shape index (κ3) is 3.58. The van der Waals surface area contributed by atoms with E-state index >= 15 is 0 Å². The maximum atomic E-state index is 12.1. The highest BCUT2D eigenvalue weighted by Gasteiger charge is 2.76. The minimum Gasteiger partial charge on any atom is -0.508 e. The van der Waals surface area contributed by atoms with E-state index in [1.807, 2.05) is 0 Å². The number of hydrogen-bond acceptors (Lipinski definition) is 4. The van der Waals surface area contributed by atoms with Crippen LogP contribution in [0.5, 0.6) is 5.75 Å². The van der Waals surface area contributed by atoms with Gasteiger partial charge in [0.1, 0.15) is 5.75 Å². The zero-order chi connectivity index (χ0) is 32.5. The van der Waals surface area contributed by atoms with Gasteiger partial charge in [-0.3, -0.25) is 0 Å². The average molecular weight is 607 g/mol. The molecule has 0 bridgehead atoms. The third-order valence-corrected chi connectivity index (χ3v) is 17.0. The van der Waals surface area contributed by atoms with Crippen LogP contribution in [0, 0.1) is 44.3 Å². The number of hydrogen-bond donors (Lipinski definition) is 4. The maximum absolute atomic E-state index is 12.1. The van der Waals surface area contributed by atoms with E-state index in [1.165, 1.54) is 12.0 Å². The van der Waals surface area contributed by atoms with Gasteiger partial charge in [-0.25, -0.2) is 4.79 Å². The molecule has 0 radical (unpaired) electrons. The Bertz CT molecular complexity index is 1420. The number of fused-ring (bicyclic) bond motifs is 7. The molecule has 0 aromatic heterocycles. The molecular formula is C39H58O5. The Labute approximate surface area is 265 Å². The highest BCUT2D eigenvalue weighted by atomic mass is 16.4. The van der Waals surface area contributed by atoms with Gasteiger partial charge in [-0.05, 0) is 138 Å². The molecule has 0 saturated heterocycles. The van der Waals surface area contributed by atoms with Gasteiger partial charge in [0.15, 0.2) is 6.10 Å². The van der Waals surface area contributed by atoms with Crippen molar-refractivity contribution < 1.29 is 25.2 Å². The topological polar surface area (TPSA) is 98.0 Å². The van der Waals surface area contributed by atoms with E-state index in [1.54, 1.807) is 12.1 Å². The van der Waals surface area contributed by atoms with Gasteiger partial charge in [0.25, 0.3) is 0 Å². The first-order valence-electron chi connectivity index (χ1n) is 17.4. The zero-order valence-electron chi connectivity index (χ0n) is 28.8. The van der Waals surface area contributed by atoms with Crippen LogP contribution >= 0.6 is 0 Å². The zero-order valence-corrected chi connectivity index (χ0v) is 28.8. The summed E-state index contributed by atoms with van der Waals surface area (Å²) in [5.74, 6) is -0.227. The number of carboxylic acids is 1. The summed E-state index contributed by atoms with van der Waals surface area (Å²) in [6.07, 6.45) is 10.3. The van der Waals surface area contributed by atoms with E-state index in [-0.39, 0.29) is 55.7 Å². The fourth-order valence-corrected chi connectivity index (χ4v) is 13.1. The molecule has 5 aliphatic carbocycles. The minimum atomic E-state index is -1.60. The predicted molar refractivity (Wildman–Crippen MR) is 174 cm³/mol. The molecule has 11 atom stereocenters. The second-order valence-electron chi connectivity index (χ2n) is 17.8. The van der Waals surface area contributed by atoms with Crippen LogP contribution in [0.2, 0.25) is 0 Å². The Morgan fingerprint density at radius 1 is 0.932 bits per heavy atom. The number of benzene rings is 1. The molecule has 4 N–H and O–H groups in total. The van der Waals surface area contributed by atoms with Gasteiger partial charge >= 0.3 is 5.97 Å². The van der Waals surface area contributed by atoms with Gasteiger partial charge in [0, 0.05) is 5.41 Å². The summed E-state index contributed by atoms with van der Waals surface area (Å²) in [6.45, 7) is 22.0. The molecule has 5 nitrogen and oxygen atoms in total. The van der Waals surface area contributed by atoms with Crippen LogP contribution < -0.4 is 0 Å². The number of phenolic OH excluding ortho intramolecular Hbond substituents is 1. The highest BCUT2D eigenvalue weighted by Crippen LogP contribution is 2.82. The highest BCUT2D eigenvalue weighted by molar-refractivity contribution is 5.76. The maximum Gasteiger partial charge on any atom is 0.337 e. The van der Waals surface area contributed by atoms with Crippen molar-refractivity contribution in [1.82, 2.24) is 0 Å². The van der Waals surface area contributed by atoms with Gasteiger partial charge in [-0.2, -0.15) is 0 Å². The van der Waals surface area contributed by atoms with Gasteiger partial charge < -0.3 is 20.4 Å². The Balaban J connectivity index is 1.45. The molecule has 0 amide bonds. The molecule has 5 heteroatoms. The van der Waals surface area contributed by atoms with E-state index in [0.29, 0.717) is 17.9 Å². The number of phenols is 1. The van der Waals surface area contributed by atoms with Crippen molar-refractivity contribution in [2.45, 2.75) is 144 Å². The summed E-state index contributed by atoms with van der Waals surface area (Å²) in [7, 11) is 0. The smallest absolute Gasteiger partial charge is 0.337 e. The molecule has 0 spiro atoms. The molecule has 3 fully saturated rings. The van der Waals surface area contributed by atoms with Crippen molar-refractivity contribution in [2.24, 2.45) is 44.3 Å². The fourth-order valence-electron chi connectivity index (χ4n) is 13.1. The number of carbonyl (C=O) groups is 1. The van der Waals surface area contributed by atoms with E-state index in [4.69, 9.17) is 0 Å². The number of aromatic hydroxyl groups is 1. The molecule has 3 saturated carbocycles. The van der Waals surface area contributed by atoms with E-state index in [2.05, 4.69) is 68.4 Å². The van der Waals surface area contributed by atoms with Crippen LogP contribution in [0.1, 0.15) is 143 Å². The first-order valence-corrected chi connectivity index (χ1v) is 17.4. The summed E-state index contributed by atoms with van der Waals surface area (Å²) in [6, 6.07) is 3.21. The van der Waals surface area contributed by atoms with Crippen molar-refractivity contribution in [3.05, 3.63) is 40.5 Å². The predicted octanol–water partition coefficient (Wildman–Crippen LogP) is 8.49. The summed E-state index contributed by atoms with van der Waals surface area (Å²) >= 11 is 0. The lowest BCUT2D eigenvalue weighted by Gasteiger charge is -2.78. The van der Waals surface area contributed by atoms with Crippen LogP contribution in [0.3, 0.4) is 0 Å². The first kappa shape index (κ1) is 32.1. The first-order chi connectivity index (χ1) is 20.3. The van der Waals surface area contributed by atoms with E-state index < -0.39 is 12.1 Å². The van der Waals surface area contributed by atoms with E-state index in [9.17, 15) is 25.2 Å². The Hall–Kier alpha value is -1.85. The molecule has 1 unspecified atom stereocenters. The lowest BCUT2D eigenvalue weighted by Crippen LogP contribution is -2.72. The Kier molecular flexibility index (Phi) is 7.00. The molecule has 0 heterocycles. The normalized spacial score (nSPS) is 48.8. The molecule has 0 aliphatic heterocycles. The van der Waals surface area contributed by atoms with Crippen LogP contribution in [0.4, 0.5) is 0 Å². The average Bonchev–Trinajstić information content (AvgIpc) is 3.29. The molecular weight excluding hydrogens is 548 g/mol. The number of aliphatic carboxylic acids is 1. The number of aliphatic hydroxyl groups is 2. The van der Waals surface area contributed by atoms with Crippen LogP contribution in [-0.4, -0.2) is 32.5 Å². The lowest BCUT2D eigenvalue weighted by molar-refractivity contribution is -0.300. The largest absolute Gasteiger partial charge is 0.508 e. The second kappa shape index (κ2) is 9.59. The third-order valence-electron chi connectivity index (χ3n) is 17.0. The van der Waals surface area contributed by atoms with Gasteiger partial charge in [0.2, 0.25) is 0 Å². The molecule has 1 aromatic rings.